The smallest absolute Gasteiger partial charge is 0.164 e. The van der Waals surface area contributed by atoms with E-state index in [-0.39, 0.29) is 12.6 Å². The number of hydrogen-bond donors (Lipinski definition) is 2. The predicted octanol–water partition coefficient (Wildman–Crippen LogP) is 3.08. The van der Waals surface area contributed by atoms with Crippen molar-refractivity contribution in [3.63, 3.8) is 0 Å². The Kier molecular flexibility index (Phi) is 6.05. The molecule has 3 N–H and O–H groups in total. The number of aliphatic hydroxyl groups is 1. The lowest BCUT2D eigenvalue weighted by molar-refractivity contribution is 0.113. The molecule has 2 aromatic heterocycles. The predicted molar refractivity (Wildman–Crippen MR) is 122 cm³/mol. The molecule has 0 radical (unpaired) electrons. The van der Waals surface area contributed by atoms with Crippen molar-refractivity contribution in [3.8, 4) is 5.75 Å². The molecule has 1 aromatic carbocycles. The third kappa shape index (κ3) is 3.73. The maximum atomic E-state index is 9.23. The molecule has 0 saturated carbocycles. The van der Waals surface area contributed by atoms with Crippen LogP contribution in [-0.4, -0.2) is 62.6 Å². The molecule has 0 spiro atoms. The van der Waals surface area contributed by atoms with E-state index in [1.807, 2.05) is 31.5 Å². The number of aryl methyl sites for hydroxylation is 1. The molecular formula is C22H29ClN6O2. The maximum Gasteiger partial charge on any atom is 0.164 e. The second-order valence-electron chi connectivity index (χ2n) is 8.09. The van der Waals surface area contributed by atoms with Crippen LogP contribution in [-0.2, 0) is 0 Å². The zero-order valence-electron chi connectivity index (χ0n) is 18.4. The van der Waals surface area contributed by atoms with E-state index in [1.165, 1.54) is 6.33 Å². The standard InChI is InChI=1S/C22H29ClN6O2/c1-5-31-20-16(8-17(23)12(2)18(20)15-9-28(10-15)6-7-30)14(4)29-22-19(13(3)27-29)21(24)25-11-26-22/h8,11,14-15,30H,5-7,9-10H2,1-4H3,(H2,24,25,26). The number of nitrogens with two attached hydrogens (primary N) is 1. The molecule has 0 aliphatic carbocycles. The molecule has 0 amide bonds. The van der Waals surface area contributed by atoms with E-state index in [0.717, 1.165) is 46.6 Å². The molecule has 1 aliphatic rings. The number of nitrogens with zero attached hydrogens (tertiary/aromatic N) is 5. The molecule has 0 bridgehead atoms. The van der Waals surface area contributed by atoms with Crippen LogP contribution in [0.1, 0.15) is 48.2 Å². The Morgan fingerprint density at radius 1 is 1.32 bits per heavy atom. The molecule has 9 heteroatoms. The number of benzene rings is 1. The molecular weight excluding hydrogens is 416 g/mol. The zero-order chi connectivity index (χ0) is 22.3. The number of hydrogen-bond acceptors (Lipinski definition) is 7. The van der Waals surface area contributed by atoms with Crippen molar-refractivity contribution in [1.29, 1.82) is 0 Å². The molecule has 4 rings (SSSR count). The second-order valence-corrected chi connectivity index (χ2v) is 8.50. The van der Waals surface area contributed by atoms with Crippen molar-refractivity contribution >= 4 is 28.5 Å². The van der Waals surface area contributed by atoms with Gasteiger partial charge in [0.25, 0.3) is 0 Å². The van der Waals surface area contributed by atoms with E-state index >= 15 is 0 Å². The highest BCUT2D eigenvalue weighted by atomic mass is 35.5. The Balaban J connectivity index is 1.82. The average molecular weight is 445 g/mol. The van der Waals surface area contributed by atoms with Gasteiger partial charge in [-0.2, -0.15) is 5.10 Å². The number of halogens is 1. The molecule has 1 fully saturated rings. The first kappa shape index (κ1) is 21.8. The second kappa shape index (κ2) is 8.61. The van der Waals surface area contributed by atoms with E-state index in [0.29, 0.717) is 35.6 Å². The first-order chi connectivity index (χ1) is 14.9. The summed E-state index contributed by atoms with van der Waals surface area (Å²) in [5.74, 6) is 1.60. The highest BCUT2D eigenvalue weighted by Gasteiger charge is 2.34. The number of aliphatic hydroxyl groups excluding tert-OH is 1. The van der Waals surface area contributed by atoms with Gasteiger partial charge >= 0.3 is 0 Å². The SMILES string of the molecule is CCOc1c(C(C)n2nc(C)c3c(N)ncnc32)cc(Cl)c(C)c1C1CN(CCO)C1. The van der Waals surface area contributed by atoms with Gasteiger partial charge in [0, 0.05) is 41.7 Å². The number of anilines is 1. The van der Waals surface area contributed by atoms with E-state index in [4.69, 9.17) is 27.2 Å². The molecule has 8 nitrogen and oxygen atoms in total. The van der Waals surface area contributed by atoms with Crippen molar-refractivity contribution in [1.82, 2.24) is 24.6 Å². The van der Waals surface area contributed by atoms with Gasteiger partial charge in [-0.1, -0.05) is 11.6 Å². The first-order valence-electron chi connectivity index (χ1n) is 10.6. The van der Waals surface area contributed by atoms with Crippen LogP contribution < -0.4 is 10.5 Å². The summed E-state index contributed by atoms with van der Waals surface area (Å²) in [7, 11) is 0. The summed E-state index contributed by atoms with van der Waals surface area (Å²) in [5.41, 5.74) is 10.7. The number of nitrogen functional groups attached to an aromatic ring is 1. The molecule has 1 saturated heterocycles. The maximum absolute atomic E-state index is 9.23. The summed E-state index contributed by atoms with van der Waals surface area (Å²) in [4.78, 5) is 10.8. The normalized spacial score (nSPS) is 15.9. The zero-order valence-corrected chi connectivity index (χ0v) is 19.1. The summed E-state index contributed by atoms with van der Waals surface area (Å²) in [6, 6.07) is 1.81. The minimum atomic E-state index is -0.169. The number of rotatable bonds is 7. The molecule has 1 aliphatic heterocycles. The highest BCUT2D eigenvalue weighted by molar-refractivity contribution is 6.31. The largest absolute Gasteiger partial charge is 0.493 e. The van der Waals surface area contributed by atoms with Crippen LogP contribution in [0.3, 0.4) is 0 Å². The Hall–Kier alpha value is -2.42. The topological polar surface area (TPSA) is 102 Å². The first-order valence-corrected chi connectivity index (χ1v) is 11.0. The lowest BCUT2D eigenvalue weighted by Crippen LogP contribution is -2.46. The molecule has 3 heterocycles. The van der Waals surface area contributed by atoms with E-state index in [2.05, 4.69) is 21.8 Å². The Bertz CT molecular complexity index is 1110. The van der Waals surface area contributed by atoms with Crippen LogP contribution in [0, 0.1) is 13.8 Å². The van der Waals surface area contributed by atoms with Crippen molar-refractivity contribution < 1.29 is 9.84 Å². The third-order valence-corrected chi connectivity index (χ3v) is 6.52. The molecule has 31 heavy (non-hydrogen) atoms. The summed E-state index contributed by atoms with van der Waals surface area (Å²) in [6.45, 7) is 11.2. The molecule has 3 aromatic rings. The van der Waals surface area contributed by atoms with Gasteiger partial charge in [-0.3, -0.25) is 4.90 Å². The van der Waals surface area contributed by atoms with E-state index in [1.54, 1.807) is 0 Å². The van der Waals surface area contributed by atoms with Crippen LogP contribution in [0.25, 0.3) is 11.0 Å². The van der Waals surface area contributed by atoms with Gasteiger partial charge in [-0.15, -0.1) is 0 Å². The fraction of sp³-hybridized carbons (Fsp3) is 0.500. The van der Waals surface area contributed by atoms with Crippen LogP contribution in [0.2, 0.25) is 5.02 Å². The van der Waals surface area contributed by atoms with E-state index < -0.39 is 0 Å². The minimum absolute atomic E-state index is 0.165. The summed E-state index contributed by atoms with van der Waals surface area (Å²) >= 11 is 6.71. The fourth-order valence-electron chi connectivity index (χ4n) is 4.52. The molecule has 166 valence electrons. The van der Waals surface area contributed by atoms with Gasteiger partial charge in [-0.05, 0) is 39.3 Å². The van der Waals surface area contributed by atoms with Gasteiger partial charge in [0.15, 0.2) is 5.65 Å². The lowest BCUT2D eigenvalue weighted by Gasteiger charge is -2.41. The highest BCUT2D eigenvalue weighted by Crippen LogP contribution is 2.44. The number of ether oxygens (including phenoxy) is 1. The fourth-order valence-corrected chi connectivity index (χ4v) is 4.74. The monoisotopic (exact) mass is 444 g/mol. The number of likely N-dealkylation sites (tertiary alicyclic amines) is 1. The minimum Gasteiger partial charge on any atom is -0.493 e. The van der Waals surface area contributed by atoms with Gasteiger partial charge in [0.1, 0.15) is 17.9 Å². The van der Waals surface area contributed by atoms with Gasteiger partial charge in [-0.25, -0.2) is 14.6 Å². The van der Waals surface area contributed by atoms with Gasteiger partial charge < -0.3 is 15.6 Å². The van der Waals surface area contributed by atoms with Crippen LogP contribution >= 0.6 is 11.6 Å². The van der Waals surface area contributed by atoms with Crippen molar-refractivity contribution in [2.45, 2.75) is 39.7 Å². The Morgan fingerprint density at radius 2 is 2.06 bits per heavy atom. The van der Waals surface area contributed by atoms with Crippen molar-refractivity contribution in [2.75, 3.05) is 38.6 Å². The van der Waals surface area contributed by atoms with Crippen LogP contribution in [0.15, 0.2) is 12.4 Å². The Morgan fingerprint density at radius 3 is 2.74 bits per heavy atom. The molecule has 1 unspecified atom stereocenters. The van der Waals surface area contributed by atoms with Gasteiger partial charge in [0.05, 0.1) is 30.3 Å². The molecule has 1 atom stereocenters. The quantitative estimate of drug-likeness (QED) is 0.577. The van der Waals surface area contributed by atoms with Crippen LogP contribution in [0.5, 0.6) is 5.75 Å². The van der Waals surface area contributed by atoms with Gasteiger partial charge in [0.2, 0.25) is 0 Å². The Labute approximate surface area is 187 Å². The van der Waals surface area contributed by atoms with Crippen molar-refractivity contribution in [3.05, 3.63) is 39.8 Å². The summed E-state index contributed by atoms with van der Waals surface area (Å²) in [5, 5.41) is 15.4. The number of β-amino-alcohol motifs (C(OH)–C–C–N with tert-alkyl or cyclic N) is 1. The average Bonchev–Trinajstić information content (AvgIpc) is 3.05. The summed E-state index contributed by atoms with van der Waals surface area (Å²) in [6.07, 6.45) is 1.46. The third-order valence-electron chi connectivity index (χ3n) is 6.13. The van der Waals surface area contributed by atoms with E-state index in [9.17, 15) is 5.11 Å². The number of aromatic nitrogens is 4. The number of fused-ring (bicyclic) bond motifs is 1. The summed E-state index contributed by atoms with van der Waals surface area (Å²) < 4.78 is 8.09. The van der Waals surface area contributed by atoms with Crippen molar-refractivity contribution in [2.24, 2.45) is 0 Å². The van der Waals surface area contributed by atoms with Crippen LogP contribution in [0.4, 0.5) is 5.82 Å². The lowest BCUT2D eigenvalue weighted by atomic mass is 9.85.